The lowest BCUT2D eigenvalue weighted by atomic mass is 10.0. The van der Waals surface area contributed by atoms with Gasteiger partial charge in [-0.3, -0.25) is 4.79 Å². The van der Waals surface area contributed by atoms with Gasteiger partial charge in [0.25, 0.3) is 6.43 Å². The fourth-order valence-electron chi connectivity index (χ4n) is 1.94. The second-order valence-electron chi connectivity index (χ2n) is 4.70. The molecule has 0 aliphatic carbocycles. The maximum Gasteiger partial charge on any atom is 0.422 e. The van der Waals surface area contributed by atoms with Crippen LogP contribution in [0.15, 0.2) is 42.5 Å². The maximum absolute atomic E-state index is 12.6. The molecule has 0 unspecified atom stereocenters. The molecule has 0 heterocycles. The van der Waals surface area contributed by atoms with E-state index in [4.69, 9.17) is 4.74 Å². The van der Waals surface area contributed by atoms with Crippen LogP contribution in [-0.4, -0.2) is 19.1 Å². The fourth-order valence-corrected chi connectivity index (χ4v) is 1.94. The third-order valence-corrected chi connectivity index (χ3v) is 3.00. The Morgan fingerprint density at radius 1 is 1.04 bits per heavy atom. The number of carbonyl (C=O) groups excluding carboxylic acids is 1. The molecule has 122 valence electrons. The Morgan fingerprint density at radius 3 is 2.22 bits per heavy atom. The zero-order valence-corrected chi connectivity index (χ0v) is 11.6. The molecule has 0 spiro atoms. The van der Waals surface area contributed by atoms with E-state index in [0.29, 0.717) is 11.8 Å². The van der Waals surface area contributed by atoms with Gasteiger partial charge in [0.1, 0.15) is 12.0 Å². The minimum absolute atomic E-state index is 0.0854. The molecule has 23 heavy (non-hydrogen) atoms. The van der Waals surface area contributed by atoms with E-state index in [1.54, 1.807) is 0 Å². The van der Waals surface area contributed by atoms with E-state index in [1.165, 1.54) is 42.5 Å². The van der Waals surface area contributed by atoms with Gasteiger partial charge in [-0.2, -0.15) is 13.2 Å². The van der Waals surface area contributed by atoms with Crippen LogP contribution in [0.5, 0.6) is 5.75 Å². The maximum atomic E-state index is 12.6. The Bertz CT molecular complexity index is 678. The van der Waals surface area contributed by atoms with E-state index < -0.39 is 19.2 Å². The van der Waals surface area contributed by atoms with Gasteiger partial charge in [-0.25, -0.2) is 8.78 Å². The number of carbonyl (C=O) groups is 1. The molecular formula is C16H11F5O2. The second kappa shape index (κ2) is 6.76. The average molecular weight is 330 g/mol. The summed E-state index contributed by atoms with van der Waals surface area (Å²) in [5, 5.41) is 0. The number of ether oxygens (including phenoxy) is 1. The van der Waals surface area contributed by atoms with Crippen molar-refractivity contribution in [2.24, 2.45) is 0 Å². The van der Waals surface area contributed by atoms with Crippen molar-refractivity contribution in [2.75, 3.05) is 6.61 Å². The number of alkyl halides is 5. The zero-order valence-electron chi connectivity index (χ0n) is 11.6. The first-order chi connectivity index (χ1) is 10.8. The molecule has 0 aromatic heterocycles. The minimum Gasteiger partial charge on any atom is -0.483 e. The molecule has 0 fully saturated rings. The third-order valence-electron chi connectivity index (χ3n) is 3.00. The zero-order chi connectivity index (χ0) is 17.0. The summed E-state index contributed by atoms with van der Waals surface area (Å²) in [7, 11) is 0. The van der Waals surface area contributed by atoms with E-state index in [-0.39, 0.29) is 22.4 Å². The smallest absolute Gasteiger partial charge is 0.422 e. The van der Waals surface area contributed by atoms with Gasteiger partial charge in [-0.15, -0.1) is 0 Å². The van der Waals surface area contributed by atoms with Gasteiger partial charge in [-0.05, 0) is 23.8 Å². The molecule has 0 amide bonds. The fraction of sp³-hybridized carbons (Fsp3) is 0.188. The summed E-state index contributed by atoms with van der Waals surface area (Å²) in [5.41, 5.74) is 0.616. The summed E-state index contributed by atoms with van der Waals surface area (Å²) in [6.45, 7) is -1.49. The van der Waals surface area contributed by atoms with Gasteiger partial charge in [-0.1, -0.05) is 24.3 Å². The molecule has 7 heteroatoms. The van der Waals surface area contributed by atoms with Crippen molar-refractivity contribution < 1.29 is 31.5 Å². The first-order valence-corrected chi connectivity index (χ1v) is 6.47. The SMILES string of the molecule is O=Cc1ccc(OCC(F)(F)F)c(-c2ccc(C(F)F)cc2)c1. The molecule has 0 radical (unpaired) electrons. The van der Waals surface area contributed by atoms with Crippen molar-refractivity contribution in [3.8, 4) is 16.9 Å². The van der Waals surface area contributed by atoms with Gasteiger partial charge in [0.05, 0.1) is 0 Å². The van der Waals surface area contributed by atoms with Crippen molar-refractivity contribution in [3.05, 3.63) is 53.6 Å². The van der Waals surface area contributed by atoms with Gasteiger partial charge in [0.15, 0.2) is 6.61 Å². The molecule has 0 atom stereocenters. The highest BCUT2D eigenvalue weighted by Crippen LogP contribution is 2.33. The lowest BCUT2D eigenvalue weighted by Gasteiger charge is -2.14. The predicted molar refractivity (Wildman–Crippen MR) is 73.8 cm³/mol. The average Bonchev–Trinajstić information content (AvgIpc) is 2.52. The second-order valence-corrected chi connectivity index (χ2v) is 4.70. The molecule has 0 saturated heterocycles. The van der Waals surface area contributed by atoms with Gasteiger partial charge in [0.2, 0.25) is 0 Å². The Labute approximate surface area is 128 Å². The lowest BCUT2D eigenvalue weighted by molar-refractivity contribution is -0.153. The predicted octanol–water partition coefficient (Wildman–Crippen LogP) is 5.04. The molecule has 2 aromatic carbocycles. The van der Waals surface area contributed by atoms with E-state index in [9.17, 15) is 26.7 Å². The van der Waals surface area contributed by atoms with Crippen LogP contribution in [0.4, 0.5) is 22.0 Å². The van der Waals surface area contributed by atoms with Crippen LogP contribution >= 0.6 is 0 Å². The van der Waals surface area contributed by atoms with Gasteiger partial charge in [0, 0.05) is 16.7 Å². The first kappa shape index (κ1) is 16.9. The monoisotopic (exact) mass is 330 g/mol. The molecule has 0 aliphatic rings. The van der Waals surface area contributed by atoms with Crippen molar-refractivity contribution in [3.63, 3.8) is 0 Å². The van der Waals surface area contributed by atoms with E-state index in [0.717, 1.165) is 0 Å². The van der Waals surface area contributed by atoms with Gasteiger partial charge >= 0.3 is 6.18 Å². The topological polar surface area (TPSA) is 26.3 Å². The van der Waals surface area contributed by atoms with Crippen molar-refractivity contribution in [1.29, 1.82) is 0 Å². The highest BCUT2D eigenvalue weighted by Gasteiger charge is 2.29. The number of halogens is 5. The summed E-state index contributed by atoms with van der Waals surface area (Å²) in [6, 6.07) is 8.91. The van der Waals surface area contributed by atoms with Crippen LogP contribution in [0.25, 0.3) is 11.1 Å². The van der Waals surface area contributed by atoms with E-state index >= 15 is 0 Å². The Balaban J connectivity index is 2.39. The number of aldehydes is 1. The van der Waals surface area contributed by atoms with Crippen LogP contribution in [-0.2, 0) is 0 Å². The Hall–Kier alpha value is -2.44. The van der Waals surface area contributed by atoms with Crippen LogP contribution in [0.2, 0.25) is 0 Å². The Kier molecular flexibility index (Phi) is 4.98. The van der Waals surface area contributed by atoms with Gasteiger partial charge < -0.3 is 4.74 Å². The highest BCUT2D eigenvalue weighted by atomic mass is 19.4. The normalized spacial score (nSPS) is 11.6. The quantitative estimate of drug-likeness (QED) is 0.567. The van der Waals surface area contributed by atoms with Crippen molar-refractivity contribution in [2.45, 2.75) is 12.6 Å². The summed E-state index contributed by atoms with van der Waals surface area (Å²) < 4.78 is 66.7. The van der Waals surface area contributed by atoms with Crippen LogP contribution in [0.1, 0.15) is 22.3 Å². The number of rotatable bonds is 5. The molecule has 2 nitrogen and oxygen atoms in total. The standard InChI is InChI=1S/C16H11F5O2/c17-15(18)12-4-2-11(3-5-12)13-7-10(8-22)1-6-14(13)23-9-16(19,20)21/h1-8,15H,9H2. The van der Waals surface area contributed by atoms with Crippen molar-refractivity contribution >= 4 is 6.29 Å². The molecule has 0 N–H and O–H groups in total. The van der Waals surface area contributed by atoms with Crippen LogP contribution in [0, 0.1) is 0 Å². The van der Waals surface area contributed by atoms with Crippen molar-refractivity contribution in [1.82, 2.24) is 0 Å². The summed E-state index contributed by atoms with van der Waals surface area (Å²) >= 11 is 0. The van der Waals surface area contributed by atoms with Crippen LogP contribution in [0.3, 0.4) is 0 Å². The van der Waals surface area contributed by atoms with E-state index in [1.807, 2.05) is 0 Å². The number of benzene rings is 2. The minimum atomic E-state index is -4.51. The largest absolute Gasteiger partial charge is 0.483 e. The summed E-state index contributed by atoms with van der Waals surface area (Å²) in [6.07, 6.45) is -6.63. The Morgan fingerprint density at radius 2 is 1.70 bits per heavy atom. The van der Waals surface area contributed by atoms with E-state index in [2.05, 4.69) is 0 Å². The molecule has 0 aliphatic heterocycles. The number of hydrogen-bond acceptors (Lipinski definition) is 2. The molecule has 2 rings (SSSR count). The lowest BCUT2D eigenvalue weighted by Crippen LogP contribution is -2.19. The number of hydrogen-bond donors (Lipinski definition) is 0. The third kappa shape index (κ3) is 4.51. The first-order valence-electron chi connectivity index (χ1n) is 6.47. The van der Waals surface area contributed by atoms with Crippen LogP contribution < -0.4 is 4.74 Å². The molecule has 0 bridgehead atoms. The summed E-state index contributed by atoms with van der Waals surface area (Å²) in [5.74, 6) is -0.0854. The highest BCUT2D eigenvalue weighted by molar-refractivity contribution is 5.81. The summed E-state index contributed by atoms with van der Waals surface area (Å²) in [4.78, 5) is 10.8. The molecule has 0 saturated carbocycles. The molecular weight excluding hydrogens is 319 g/mol. The molecule has 2 aromatic rings.